The number of aliphatic imine (C=N–C) groups is 1. The zero-order chi connectivity index (χ0) is 14.7. The second-order valence-corrected chi connectivity index (χ2v) is 7.27. The first kappa shape index (κ1) is 16.5. The van der Waals surface area contributed by atoms with Crippen molar-refractivity contribution < 1.29 is 0 Å². The van der Waals surface area contributed by atoms with Crippen LogP contribution in [0, 0.1) is 0 Å². The van der Waals surface area contributed by atoms with Crippen molar-refractivity contribution in [2.45, 2.75) is 84.3 Å². The molecule has 0 aromatic rings. The second kappa shape index (κ2) is 6.25. The Kier molecular flexibility index (Phi) is 5.43. The Morgan fingerprint density at radius 3 is 2.16 bits per heavy atom. The number of nitrogens with one attached hydrogen (secondary N) is 1. The Morgan fingerprint density at radius 2 is 1.74 bits per heavy atom. The van der Waals surface area contributed by atoms with E-state index in [1.165, 1.54) is 31.5 Å². The van der Waals surface area contributed by atoms with Crippen molar-refractivity contribution in [3.05, 3.63) is 0 Å². The molecule has 0 unspecified atom stereocenters. The van der Waals surface area contributed by atoms with Gasteiger partial charge in [0.1, 0.15) is 0 Å². The van der Waals surface area contributed by atoms with E-state index in [0.29, 0.717) is 6.04 Å². The monoisotopic (exact) mass is 267 g/mol. The highest BCUT2D eigenvalue weighted by Gasteiger charge is 2.40. The molecule has 1 saturated heterocycles. The summed E-state index contributed by atoms with van der Waals surface area (Å²) in [5.41, 5.74) is 0.399. The average molecular weight is 267 g/mol. The van der Waals surface area contributed by atoms with E-state index in [0.717, 1.165) is 6.54 Å². The normalized spacial score (nSPS) is 23.4. The van der Waals surface area contributed by atoms with Gasteiger partial charge in [-0.15, -0.1) is 0 Å². The van der Waals surface area contributed by atoms with Gasteiger partial charge in [-0.1, -0.05) is 13.3 Å². The van der Waals surface area contributed by atoms with Crippen LogP contribution in [0.15, 0.2) is 4.99 Å². The highest BCUT2D eigenvalue weighted by Crippen LogP contribution is 2.31. The molecule has 0 aliphatic carbocycles. The lowest BCUT2D eigenvalue weighted by molar-refractivity contribution is 0.102. The van der Waals surface area contributed by atoms with Gasteiger partial charge in [0.2, 0.25) is 0 Å². The third-order valence-electron chi connectivity index (χ3n) is 4.10. The summed E-state index contributed by atoms with van der Waals surface area (Å²) in [4.78, 5) is 6.97. The summed E-state index contributed by atoms with van der Waals surface area (Å²) in [6, 6.07) is 0.599. The number of piperidine rings is 1. The molecule has 19 heavy (non-hydrogen) atoms. The highest BCUT2D eigenvalue weighted by atomic mass is 15.2. The number of unbranched alkanes of at least 4 members (excludes halogenated alkanes) is 1. The Morgan fingerprint density at radius 1 is 1.21 bits per heavy atom. The lowest BCUT2D eigenvalue weighted by atomic mass is 9.79. The van der Waals surface area contributed by atoms with Gasteiger partial charge >= 0.3 is 0 Å². The van der Waals surface area contributed by atoms with Gasteiger partial charge in [0.15, 0.2) is 0 Å². The van der Waals surface area contributed by atoms with Crippen LogP contribution in [0.5, 0.6) is 0 Å². The molecule has 3 nitrogen and oxygen atoms in total. The lowest BCUT2D eigenvalue weighted by Gasteiger charge is -2.50. The van der Waals surface area contributed by atoms with E-state index in [4.69, 9.17) is 0 Å². The first-order valence-corrected chi connectivity index (χ1v) is 7.70. The molecule has 1 aliphatic heterocycles. The number of rotatable bonds is 4. The fraction of sp³-hybridized carbons (Fsp3) is 0.938. The van der Waals surface area contributed by atoms with Crippen LogP contribution in [0.4, 0.5) is 0 Å². The van der Waals surface area contributed by atoms with Crippen LogP contribution in [-0.2, 0) is 0 Å². The van der Waals surface area contributed by atoms with Crippen molar-refractivity contribution in [2.24, 2.45) is 4.99 Å². The number of hydrogen-bond donors (Lipinski definition) is 1. The summed E-state index contributed by atoms with van der Waals surface area (Å²) in [6.07, 6.45) is 4.86. The molecule has 0 atom stereocenters. The molecule has 1 fully saturated rings. The third kappa shape index (κ3) is 4.79. The van der Waals surface area contributed by atoms with E-state index < -0.39 is 0 Å². The van der Waals surface area contributed by atoms with E-state index in [1.54, 1.807) is 0 Å². The van der Waals surface area contributed by atoms with Crippen LogP contribution in [0.2, 0.25) is 0 Å². The van der Waals surface area contributed by atoms with Crippen molar-refractivity contribution in [1.82, 2.24) is 10.2 Å². The number of amidine groups is 1. The van der Waals surface area contributed by atoms with Crippen LogP contribution < -0.4 is 5.32 Å². The Labute approximate surface area is 119 Å². The maximum Gasteiger partial charge on any atom is 0.0956 e. The minimum absolute atomic E-state index is 0.199. The molecule has 0 spiro atoms. The zero-order valence-electron chi connectivity index (χ0n) is 14.0. The van der Waals surface area contributed by atoms with Gasteiger partial charge in [-0.05, 0) is 53.9 Å². The molecular formula is C16H33N3. The van der Waals surface area contributed by atoms with Crippen molar-refractivity contribution in [2.75, 3.05) is 13.6 Å². The predicted octanol–water partition coefficient (Wildman–Crippen LogP) is 3.45. The summed E-state index contributed by atoms with van der Waals surface area (Å²) in [7, 11) is 1.91. The minimum Gasteiger partial charge on any atom is -0.357 e. The Hall–Kier alpha value is -0.570. The van der Waals surface area contributed by atoms with Crippen LogP contribution in [0.1, 0.15) is 67.2 Å². The molecule has 0 aromatic heterocycles. The summed E-state index contributed by atoms with van der Waals surface area (Å²) < 4.78 is 0. The molecule has 1 aliphatic rings. The first-order valence-electron chi connectivity index (χ1n) is 7.70. The molecule has 1 heterocycles. The topological polar surface area (TPSA) is 27.6 Å². The summed E-state index contributed by atoms with van der Waals surface area (Å²) >= 11 is 0. The van der Waals surface area contributed by atoms with Crippen molar-refractivity contribution in [1.29, 1.82) is 0 Å². The molecule has 1 N–H and O–H groups in total. The Bertz CT molecular complexity index is 302. The van der Waals surface area contributed by atoms with Crippen LogP contribution in [-0.4, -0.2) is 41.4 Å². The van der Waals surface area contributed by atoms with E-state index in [1.807, 2.05) is 7.05 Å². The van der Waals surface area contributed by atoms with Gasteiger partial charge in [0.25, 0.3) is 0 Å². The molecule has 3 heteroatoms. The summed E-state index contributed by atoms with van der Waals surface area (Å²) in [5.74, 6) is 1.19. The molecular weight excluding hydrogens is 234 g/mol. The van der Waals surface area contributed by atoms with E-state index >= 15 is 0 Å². The molecule has 0 aromatic carbocycles. The molecule has 0 radical (unpaired) electrons. The maximum atomic E-state index is 4.43. The number of hydrogen-bond acceptors (Lipinski definition) is 2. The molecule has 112 valence electrons. The van der Waals surface area contributed by atoms with E-state index in [9.17, 15) is 0 Å². The van der Waals surface area contributed by atoms with Crippen LogP contribution in [0.25, 0.3) is 0 Å². The van der Waals surface area contributed by atoms with Gasteiger partial charge in [0.05, 0.1) is 5.84 Å². The third-order valence-corrected chi connectivity index (χ3v) is 4.10. The maximum absolute atomic E-state index is 4.43. The zero-order valence-corrected chi connectivity index (χ0v) is 14.0. The van der Waals surface area contributed by atoms with E-state index in [2.05, 4.69) is 56.8 Å². The first-order chi connectivity index (χ1) is 8.71. The number of nitrogens with zero attached hydrogens (tertiary/aromatic N) is 2. The standard InChI is InChI=1S/C16H33N3/c1-8-9-10-19(13(2)17-7)14-11-15(3,4)18-16(5,6)12-14/h14,18H,8-12H2,1-7H3. The van der Waals surface area contributed by atoms with Crippen molar-refractivity contribution in [3.63, 3.8) is 0 Å². The lowest BCUT2D eigenvalue weighted by Crippen LogP contribution is -2.62. The molecule has 1 rings (SSSR count). The van der Waals surface area contributed by atoms with Crippen LogP contribution in [0.3, 0.4) is 0 Å². The van der Waals surface area contributed by atoms with Crippen molar-refractivity contribution in [3.8, 4) is 0 Å². The van der Waals surface area contributed by atoms with Crippen LogP contribution >= 0.6 is 0 Å². The molecule has 0 bridgehead atoms. The SMILES string of the molecule is CCCCN(C(C)=NC)C1CC(C)(C)NC(C)(C)C1. The van der Waals surface area contributed by atoms with Gasteiger partial charge < -0.3 is 10.2 Å². The predicted molar refractivity (Wildman–Crippen MR) is 85.0 cm³/mol. The van der Waals surface area contributed by atoms with Gasteiger partial charge in [-0.25, -0.2) is 0 Å². The van der Waals surface area contributed by atoms with Crippen molar-refractivity contribution >= 4 is 5.84 Å². The molecule has 0 saturated carbocycles. The highest BCUT2D eigenvalue weighted by molar-refractivity contribution is 5.79. The fourth-order valence-electron chi connectivity index (χ4n) is 3.55. The minimum atomic E-state index is 0.199. The Balaban J connectivity index is 2.88. The van der Waals surface area contributed by atoms with Gasteiger partial charge in [0, 0.05) is 30.7 Å². The smallest absolute Gasteiger partial charge is 0.0956 e. The molecule has 0 amide bonds. The average Bonchev–Trinajstić information content (AvgIpc) is 2.25. The largest absolute Gasteiger partial charge is 0.357 e. The van der Waals surface area contributed by atoms with Gasteiger partial charge in [-0.3, -0.25) is 4.99 Å². The quantitative estimate of drug-likeness (QED) is 0.624. The summed E-state index contributed by atoms with van der Waals surface area (Å²) in [6.45, 7) is 14.8. The fourth-order valence-corrected chi connectivity index (χ4v) is 3.55. The summed E-state index contributed by atoms with van der Waals surface area (Å²) in [5, 5.41) is 3.76. The van der Waals surface area contributed by atoms with Gasteiger partial charge in [-0.2, -0.15) is 0 Å². The van der Waals surface area contributed by atoms with E-state index in [-0.39, 0.29) is 11.1 Å². The second-order valence-electron chi connectivity index (χ2n) is 7.27.